The van der Waals surface area contributed by atoms with Crippen LogP contribution in [-0.4, -0.2) is 22.5 Å². The molecule has 0 heterocycles. The molecule has 1 rings (SSSR count). The normalized spacial score (nSPS) is 12.1. The molecule has 0 spiro atoms. The fourth-order valence-corrected chi connectivity index (χ4v) is 2.06. The lowest BCUT2D eigenvalue weighted by Crippen LogP contribution is -2.14. The Morgan fingerprint density at radius 1 is 1.31 bits per heavy atom. The maximum absolute atomic E-state index is 11.7. The smallest absolute Gasteiger partial charge is 0.318 e. The lowest BCUT2D eigenvalue weighted by Gasteiger charge is -2.03. The summed E-state index contributed by atoms with van der Waals surface area (Å²) in [5.41, 5.74) is 0. The summed E-state index contributed by atoms with van der Waals surface area (Å²) in [6.45, 7) is 2.44. The Morgan fingerprint density at radius 2 is 2.00 bits per heavy atom. The fraction of sp³-hybridized carbons (Fsp3) is 0.417. The Labute approximate surface area is 98.3 Å². The molecule has 0 bridgehead atoms. The molecule has 0 aliphatic carbocycles. The number of unbranched alkanes of at least 4 members (excludes halogenated alkanes) is 1. The minimum atomic E-state index is -1.29. The van der Waals surface area contributed by atoms with Gasteiger partial charge in [0.15, 0.2) is 0 Å². The van der Waals surface area contributed by atoms with Crippen molar-refractivity contribution in [1.29, 1.82) is 0 Å². The van der Waals surface area contributed by atoms with Crippen LogP contribution in [0, 0.1) is 0 Å². The molecular formula is C12H16O3S. The predicted octanol–water partition coefficient (Wildman–Crippen LogP) is 2.14. The number of hydrogen-bond donors (Lipinski definition) is 0. The summed E-state index contributed by atoms with van der Waals surface area (Å²) in [5, 5.41) is 0. The van der Waals surface area contributed by atoms with Gasteiger partial charge < -0.3 is 4.74 Å². The molecule has 1 aromatic carbocycles. The summed E-state index contributed by atoms with van der Waals surface area (Å²) in [6.07, 6.45) is 1.83. The van der Waals surface area contributed by atoms with Crippen LogP contribution in [0.4, 0.5) is 0 Å². The molecule has 1 aromatic rings. The number of ether oxygens (including phenoxy) is 1. The van der Waals surface area contributed by atoms with Gasteiger partial charge >= 0.3 is 5.97 Å². The highest BCUT2D eigenvalue weighted by molar-refractivity contribution is 7.85. The molecule has 16 heavy (non-hydrogen) atoms. The lowest BCUT2D eigenvalue weighted by atomic mass is 10.4. The Hall–Kier alpha value is -1.16. The average Bonchev–Trinajstić information content (AvgIpc) is 2.30. The zero-order valence-electron chi connectivity index (χ0n) is 9.35. The van der Waals surface area contributed by atoms with Gasteiger partial charge in [-0.1, -0.05) is 31.5 Å². The van der Waals surface area contributed by atoms with E-state index < -0.39 is 16.8 Å². The highest BCUT2D eigenvalue weighted by Crippen LogP contribution is 2.05. The van der Waals surface area contributed by atoms with Gasteiger partial charge in [0, 0.05) is 4.90 Å². The monoisotopic (exact) mass is 240 g/mol. The highest BCUT2D eigenvalue weighted by atomic mass is 32.2. The van der Waals surface area contributed by atoms with Crippen LogP contribution in [0.15, 0.2) is 35.2 Å². The van der Waals surface area contributed by atoms with Gasteiger partial charge in [-0.25, -0.2) is 0 Å². The summed E-state index contributed by atoms with van der Waals surface area (Å²) in [7, 11) is -1.29. The summed E-state index contributed by atoms with van der Waals surface area (Å²) < 4.78 is 16.6. The van der Waals surface area contributed by atoms with Crippen LogP contribution in [0.25, 0.3) is 0 Å². The van der Waals surface area contributed by atoms with Crippen LogP contribution < -0.4 is 0 Å². The molecule has 88 valence electrons. The van der Waals surface area contributed by atoms with Crippen molar-refractivity contribution in [3.05, 3.63) is 30.3 Å². The van der Waals surface area contributed by atoms with Crippen LogP contribution in [0.3, 0.4) is 0 Å². The summed E-state index contributed by atoms with van der Waals surface area (Å²) >= 11 is 0. The van der Waals surface area contributed by atoms with Gasteiger partial charge in [0.25, 0.3) is 0 Å². The molecule has 0 N–H and O–H groups in total. The van der Waals surface area contributed by atoms with Crippen molar-refractivity contribution < 1.29 is 13.7 Å². The molecule has 0 amide bonds. The minimum absolute atomic E-state index is 0.0618. The molecule has 4 heteroatoms. The second-order valence-corrected chi connectivity index (χ2v) is 4.83. The summed E-state index contributed by atoms with van der Waals surface area (Å²) in [4.78, 5) is 11.9. The van der Waals surface area contributed by atoms with E-state index in [9.17, 15) is 9.00 Å². The first-order chi connectivity index (χ1) is 7.74. The van der Waals surface area contributed by atoms with Gasteiger partial charge in [0.1, 0.15) is 5.75 Å². The van der Waals surface area contributed by atoms with Crippen LogP contribution in [0.1, 0.15) is 19.8 Å². The quantitative estimate of drug-likeness (QED) is 0.565. The van der Waals surface area contributed by atoms with E-state index in [2.05, 4.69) is 0 Å². The topological polar surface area (TPSA) is 43.4 Å². The third kappa shape index (κ3) is 4.57. The van der Waals surface area contributed by atoms with Gasteiger partial charge in [-0.3, -0.25) is 9.00 Å². The van der Waals surface area contributed by atoms with Gasteiger partial charge in [-0.05, 0) is 18.6 Å². The average molecular weight is 240 g/mol. The summed E-state index contributed by atoms with van der Waals surface area (Å²) in [6, 6.07) is 8.94. The van der Waals surface area contributed by atoms with Crippen LogP contribution in [-0.2, 0) is 20.3 Å². The third-order valence-electron chi connectivity index (χ3n) is 2.02. The molecule has 0 aliphatic rings. The zero-order chi connectivity index (χ0) is 11.8. The van der Waals surface area contributed by atoms with Gasteiger partial charge in [-0.2, -0.15) is 0 Å². The fourth-order valence-electron chi connectivity index (χ4n) is 1.13. The number of hydrogen-bond acceptors (Lipinski definition) is 3. The molecule has 0 aromatic heterocycles. The van der Waals surface area contributed by atoms with Crippen LogP contribution in [0.2, 0.25) is 0 Å². The summed E-state index contributed by atoms with van der Waals surface area (Å²) in [5.74, 6) is -0.455. The largest absolute Gasteiger partial charge is 0.465 e. The molecule has 0 saturated heterocycles. The Morgan fingerprint density at radius 3 is 2.62 bits per heavy atom. The van der Waals surface area contributed by atoms with E-state index in [0.717, 1.165) is 12.8 Å². The third-order valence-corrected chi connectivity index (χ3v) is 3.31. The van der Waals surface area contributed by atoms with E-state index in [1.807, 2.05) is 13.0 Å². The number of carbonyl (C=O) groups excluding carboxylic acids is 1. The van der Waals surface area contributed by atoms with Gasteiger partial charge in [-0.15, -0.1) is 0 Å². The van der Waals surface area contributed by atoms with Gasteiger partial charge in [0.05, 0.1) is 17.4 Å². The van der Waals surface area contributed by atoms with Crippen molar-refractivity contribution in [3.63, 3.8) is 0 Å². The number of esters is 1. The van der Waals surface area contributed by atoms with Crippen molar-refractivity contribution in [2.75, 3.05) is 12.4 Å². The van der Waals surface area contributed by atoms with Crippen molar-refractivity contribution in [2.45, 2.75) is 24.7 Å². The molecule has 1 atom stereocenters. The first kappa shape index (κ1) is 12.9. The first-order valence-electron chi connectivity index (χ1n) is 5.33. The Balaban J connectivity index is 2.37. The number of rotatable bonds is 6. The second-order valence-electron chi connectivity index (χ2n) is 3.38. The highest BCUT2D eigenvalue weighted by Gasteiger charge is 2.10. The maximum atomic E-state index is 11.7. The lowest BCUT2D eigenvalue weighted by molar-refractivity contribution is -0.140. The van der Waals surface area contributed by atoms with E-state index in [-0.39, 0.29) is 5.75 Å². The standard InChI is InChI=1S/C12H16O3S/c1-2-3-9-15-12(13)10-16(14)11-7-5-4-6-8-11/h4-8H,2-3,9-10H2,1H3. The van der Waals surface area contributed by atoms with E-state index in [1.54, 1.807) is 24.3 Å². The maximum Gasteiger partial charge on any atom is 0.318 e. The van der Waals surface area contributed by atoms with Crippen LogP contribution in [0.5, 0.6) is 0 Å². The van der Waals surface area contributed by atoms with Crippen molar-refractivity contribution in [3.8, 4) is 0 Å². The SMILES string of the molecule is CCCCOC(=O)CS(=O)c1ccccc1. The molecule has 3 nitrogen and oxygen atoms in total. The minimum Gasteiger partial charge on any atom is -0.465 e. The second kappa shape index (κ2) is 7.17. The first-order valence-corrected chi connectivity index (χ1v) is 6.65. The van der Waals surface area contributed by atoms with Crippen molar-refractivity contribution in [1.82, 2.24) is 0 Å². The molecule has 0 saturated carbocycles. The number of benzene rings is 1. The van der Waals surface area contributed by atoms with Gasteiger partial charge in [0.2, 0.25) is 0 Å². The predicted molar refractivity (Wildman–Crippen MR) is 63.6 cm³/mol. The van der Waals surface area contributed by atoms with Crippen LogP contribution >= 0.6 is 0 Å². The van der Waals surface area contributed by atoms with E-state index in [4.69, 9.17) is 4.74 Å². The number of carbonyl (C=O) groups is 1. The van der Waals surface area contributed by atoms with Crippen molar-refractivity contribution in [2.24, 2.45) is 0 Å². The Kier molecular flexibility index (Phi) is 5.78. The molecule has 0 aliphatic heterocycles. The van der Waals surface area contributed by atoms with Crippen molar-refractivity contribution >= 4 is 16.8 Å². The molecular weight excluding hydrogens is 224 g/mol. The molecule has 0 fully saturated rings. The Bertz CT molecular complexity index is 349. The molecule has 1 unspecified atom stereocenters. The molecule has 0 radical (unpaired) electrons. The van der Waals surface area contributed by atoms with E-state index in [0.29, 0.717) is 11.5 Å². The zero-order valence-corrected chi connectivity index (χ0v) is 10.2. The van der Waals surface area contributed by atoms with E-state index >= 15 is 0 Å². The van der Waals surface area contributed by atoms with E-state index in [1.165, 1.54) is 0 Å².